The Hall–Kier alpha value is -2.70. The Morgan fingerprint density at radius 2 is 2.19 bits per heavy atom. The van der Waals surface area contributed by atoms with Gasteiger partial charge in [-0.1, -0.05) is 0 Å². The second-order valence-electron chi connectivity index (χ2n) is 4.90. The number of aromatic carboxylic acids is 1. The lowest BCUT2D eigenvalue weighted by Gasteiger charge is -2.05. The van der Waals surface area contributed by atoms with E-state index < -0.39 is 5.97 Å². The first-order valence-electron chi connectivity index (χ1n) is 6.59. The zero-order valence-electron chi connectivity index (χ0n) is 11.8. The molecular formula is C14H15N5O2. The van der Waals surface area contributed by atoms with Gasteiger partial charge in [0.1, 0.15) is 12.2 Å². The van der Waals surface area contributed by atoms with E-state index in [-0.39, 0.29) is 5.56 Å². The molecule has 0 unspecified atom stereocenters. The molecule has 0 aliphatic rings. The number of hydrogen-bond donors (Lipinski definition) is 1. The summed E-state index contributed by atoms with van der Waals surface area (Å²) in [6, 6.07) is 4.96. The van der Waals surface area contributed by atoms with Crippen LogP contribution in [0, 0.1) is 6.92 Å². The topological polar surface area (TPSA) is 85.8 Å². The van der Waals surface area contributed by atoms with Gasteiger partial charge in [0.15, 0.2) is 5.82 Å². The number of carboxylic acid groups (broad SMARTS) is 1. The predicted octanol–water partition coefficient (Wildman–Crippen LogP) is 1.41. The molecule has 3 aromatic rings. The number of aryl methyl sites for hydroxylation is 4. The fraction of sp³-hybridized carbons (Fsp3) is 0.286. The van der Waals surface area contributed by atoms with E-state index in [0.717, 1.165) is 22.7 Å². The lowest BCUT2D eigenvalue weighted by Crippen LogP contribution is -2.05. The number of carbonyl (C=O) groups is 1. The van der Waals surface area contributed by atoms with Gasteiger partial charge in [-0.05, 0) is 25.1 Å². The summed E-state index contributed by atoms with van der Waals surface area (Å²) in [4.78, 5) is 19.7. The molecule has 0 radical (unpaired) electrons. The first-order valence-corrected chi connectivity index (χ1v) is 6.59. The van der Waals surface area contributed by atoms with Gasteiger partial charge in [-0.2, -0.15) is 5.10 Å². The van der Waals surface area contributed by atoms with Gasteiger partial charge in [0.05, 0.1) is 16.6 Å². The Morgan fingerprint density at radius 1 is 1.38 bits per heavy atom. The van der Waals surface area contributed by atoms with Crippen LogP contribution in [0.5, 0.6) is 0 Å². The van der Waals surface area contributed by atoms with Crippen LogP contribution in [-0.4, -0.2) is 35.4 Å². The van der Waals surface area contributed by atoms with Gasteiger partial charge in [0.2, 0.25) is 0 Å². The smallest absolute Gasteiger partial charge is 0.335 e. The van der Waals surface area contributed by atoms with Gasteiger partial charge in [0, 0.05) is 20.0 Å². The monoisotopic (exact) mass is 285 g/mol. The molecule has 0 atom stereocenters. The van der Waals surface area contributed by atoms with Crippen LogP contribution in [0.3, 0.4) is 0 Å². The van der Waals surface area contributed by atoms with Crippen LogP contribution in [0.1, 0.15) is 22.0 Å². The zero-order valence-corrected chi connectivity index (χ0v) is 11.8. The molecule has 0 aliphatic carbocycles. The van der Waals surface area contributed by atoms with Crippen LogP contribution in [-0.2, 0) is 20.0 Å². The maximum absolute atomic E-state index is 11.1. The highest BCUT2D eigenvalue weighted by molar-refractivity contribution is 5.92. The number of hydrogen-bond acceptors (Lipinski definition) is 4. The number of fused-ring (bicyclic) bond motifs is 1. The van der Waals surface area contributed by atoms with Gasteiger partial charge >= 0.3 is 5.97 Å². The number of imidazole rings is 1. The fourth-order valence-corrected chi connectivity index (χ4v) is 2.37. The van der Waals surface area contributed by atoms with Crippen LogP contribution in [0.15, 0.2) is 24.5 Å². The van der Waals surface area contributed by atoms with Crippen molar-refractivity contribution in [2.75, 3.05) is 0 Å². The van der Waals surface area contributed by atoms with Gasteiger partial charge in [-0.15, -0.1) is 0 Å². The number of rotatable bonds is 4. The van der Waals surface area contributed by atoms with E-state index in [1.807, 2.05) is 18.5 Å². The van der Waals surface area contributed by atoms with Crippen molar-refractivity contribution < 1.29 is 9.90 Å². The van der Waals surface area contributed by atoms with Gasteiger partial charge in [-0.3, -0.25) is 4.68 Å². The van der Waals surface area contributed by atoms with Crippen LogP contribution in [0.25, 0.3) is 11.0 Å². The third-order valence-corrected chi connectivity index (χ3v) is 3.39. The fourth-order valence-electron chi connectivity index (χ4n) is 2.37. The first kappa shape index (κ1) is 13.3. The van der Waals surface area contributed by atoms with Crippen molar-refractivity contribution in [3.05, 3.63) is 41.7 Å². The Labute approximate surface area is 120 Å². The number of carboxylic acids is 1. The molecule has 0 saturated carbocycles. The standard InChI is InChI=1S/C14H15N5O2/c1-9-16-11-4-3-10(14(20)21)7-12(11)19(9)6-5-13-15-8-18(2)17-13/h3-4,7-8H,5-6H2,1-2H3,(H,20,21). The minimum Gasteiger partial charge on any atom is -0.478 e. The second kappa shape index (κ2) is 5.01. The average molecular weight is 285 g/mol. The molecule has 3 rings (SSSR count). The molecule has 0 bridgehead atoms. The molecule has 0 amide bonds. The van der Waals surface area contributed by atoms with Crippen molar-refractivity contribution in [3.63, 3.8) is 0 Å². The number of benzene rings is 1. The molecule has 108 valence electrons. The molecule has 2 aromatic heterocycles. The molecule has 21 heavy (non-hydrogen) atoms. The summed E-state index contributed by atoms with van der Waals surface area (Å²) in [5.74, 6) is 0.672. The van der Waals surface area contributed by atoms with E-state index in [4.69, 9.17) is 5.11 Å². The molecule has 7 heteroatoms. The minimum absolute atomic E-state index is 0.264. The van der Waals surface area contributed by atoms with Gasteiger partial charge < -0.3 is 9.67 Å². The van der Waals surface area contributed by atoms with Gasteiger partial charge in [-0.25, -0.2) is 14.8 Å². The molecule has 1 aromatic carbocycles. The minimum atomic E-state index is -0.936. The van der Waals surface area contributed by atoms with Crippen molar-refractivity contribution in [1.82, 2.24) is 24.3 Å². The van der Waals surface area contributed by atoms with Crippen molar-refractivity contribution in [2.45, 2.75) is 19.9 Å². The highest BCUT2D eigenvalue weighted by Gasteiger charge is 2.11. The van der Waals surface area contributed by atoms with Crippen LogP contribution < -0.4 is 0 Å². The van der Waals surface area contributed by atoms with E-state index in [1.54, 1.807) is 29.2 Å². The van der Waals surface area contributed by atoms with Crippen LogP contribution in [0.4, 0.5) is 0 Å². The Kier molecular flexibility index (Phi) is 3.17. The maximum Gasteiger partial charge on any atom is 0.335 e. The summed E-state index contributed by atoms with van der Waals surface area (Å²) < 4.78 is 3.66. The van der Waals surface area contributed by atoms with Crippen LogP contribution in [0.2, 0.25) is 0 Å². The lowest BCUT2D eigenvalue weighted by atomic mass is 10.2. The summed E-state index contributed by atoms with van der Waals surface area (Å²) in [7, 11) is 1.83. The molecule has 7 nitrogen and oxygen atoms in total. The lowest BCUT2D eigenvalue weighted by molar-refractivity contribution is 0.0697. The quantitative estimate of drug-likeness (QED) is 0.783. The molecule has 0 saturated heterocycles. The first-order chi connectivity index (χ1) is 10.0. The predicted molar refractivity (Wildman–Crippen MR) is 76.1 cm³/mol. The number of aromatic nitrogens is 5. The molecular weight excluding hydrogens is 270 g/mol. The Bertz CT molecular complexity index is 818. The van der Waals surface area contributed by atoms with Crippen LogP contribution >= 0.6 is 0 Å². The largest absolute Gasteiger partial charge is 0.478 e. The van der Waals surface area contributed by atoms with E-state index in [9.17, 15) is 4.79 Å². The van der Waals surface area contributed by atoms with Crippen molar-refractivity contribution in [3.8, 4) is 0 Å². The summed E-state index contributed by atoms with van der Waals surface area (Å²) in [6.45, 7) is 2.57. The van der Waals surface area contributed by atoms with E-state index in [1.165, 1.54) is 0 Å². The SMILES string of the molecule is Cc1nc2ccc(C(=O)O)cc2n1CCc1ncn(C)n1. The Morgan fingerprint density at radius 3 is 2.86 bits per heavy atom. The van der Waals surface area contributed by atoms with E-state index in [0.29, 0.717) is 13.0 Å². The Balaban J connectivity index is 1.94. The summed E-state index contributed by atoms with van der Waals surface area (Å²) >= 11 is 0. The molecule has 2 heterocycles. The highest BCUT2D eigenvalue weighted by atomic mass is 16.4. The summed E-state index contributed by atoms with van der Waals surface area (Å²) in [6.07, 6.45) is 2.33. The third kappa shape index (κ3) is 2.49. The van der Waals surface area contributed by atoms with Crippen molar-refractivity contribution in [2.24, 2.45) is 7.05 Å². The summed E-state index contributed by atoms with van der Waals surface area (Å²) in [5.41, 5.74) is 1.88. The summed E-state index contributed by atoms with van der Waals surface area (Å²) in [5, 5.41) is 13.3. The third-order valence-electron chi connectivity index (χ3n) is 3.39. The average Bonchev–Trinajstić information content (AvgIpc) is 2.98. The zero-order chi connectivity index (χ0) is 15.0. The normalized spacial score (nSPS) is 11.1. The molecule has 1 N–H and O–H groups in total. The number of nitrogens with zero attached hydrogens (tertiary/aromatic N) is 5. The van der Waals surface area contributed by atoms with Crippen molar-refractivity contribution >= 4 is 17.0 Å². The van der Waals surface area contributed by atoms with Gasteiger partial charge in [0.25, 0.3) is 0 Å². The van der Waals surface area contributed by atoms with E-state index in [2.05, 4.69) is 15.1 Å². The van der Waals surface area contributed by atoms with Crippen molar-refractivity contribution in [1.29, 1.82) is 0 Å². The molecule has 0 fully saturated rings. The van der Waals surface area contributed by atoms with E-state index >= 15 is 0 Å². The second-order valence-corrected chi connectivity index (χ2v) is 4.90. The maximum atomic E-state index is 11.1. The highest BCUT2D eigenvalue weighted by Crippen LogP contribution is 2.18. The molecule has 0 aliphatic heterocycles. The molecule has 0 spiro atoms.